The summed E-state index contributed by atoms with van der Waals surface area (Å²) in [7, 11) is 0. The van der Waals surface area contributed by atoms with Crippen LogP contribution < -0.4 is 0 Å². The Hall–Kier alpha value is -2.85. The lowest BCUT2D eigenvalue weighted by atomic mass is 10.1. The van der Waals surface area contributed by atoms with Gasteiger partial charge in [-0.25, -0.2) is 4.68 Å². The molecule has 11 heteroatoms. The van der Waals surface area contributed by atoms with Gasteiger partial charge < -0.3 is 9.80 Å². The number of carbonyl (C=O) groups is 2. The number of nitrogens with zero attached hydrogens (tertiary/aromatic N) is 4. The van der Waals surface area contributed by atoms with Crippen molar-refractivity contribution in [3.8, 4) is 5.69 Å². The van der Waals surface area contributed by atoms with Gasteiger partial charge in [0, 0.05) is 36.1 Å². The summed E-state index contributed by atoms with van der Waals surface area (Å²) in [4.78, 5) is 30.1. The number of alkyl halides is 3. The van der Waals surface area contributed by atoms with Crippen LogP contribution >= 0.6 is 22.9 Å². The fourth-order valence-corrected chi connectivity index (χ4v) is 4.51. The second kappa shape index (κ2) is 8.59. The van der Waals surface area contributed by atoms with Gasteiger partial charge in [0.15, 0.2) is 5.69 Å². The van der Waals surface area contributed by atoms with E-state index in [-0.39, 0.29) is 37.8 Å². The van der Waals surface area contributed by atoms with E-state index in [2.05, 4.69) is 5.10 Å². The molecule has 1 saturated heterocycles. The lowest BCUT2D eigenvalue weighted by Crippen LogP contribution is -2.50. The van der Waals surface area contributed by atoms with Gasteiger partial charge in [0.05, 0.1) is 22.3 Å². The van der Waals surface area contributed by atoms with Crippen LogP contribution in [0, 0.1) is 6.92 Å². The molecule has 4 rings (SSSR count). The fourth-order valence-electron chi connectivity index (χ4n) is 3.54. The van der Waals surface area contributed by atoms with Crippen molar-refractivity contribution in [1.82, 2.24) is 19.6 Å². The summed E-state index contributed by atoms with van der Waals surface area (Å²) >= 11 is 7.20. The van der Waals surface area contributed by atoms with E-state index in [1.165, 1.54) is 40.5 Å². The maximum Gasteiger partial charge on any atom is 0.434 e. The highest BCUT2D eigenvalue weighted by Gasteiger charge is 2.42. The Morgan fingerprint density at radius 1 is 0.969 bits per heavy atom. The van der Waals surface area contributed by atoms with Gasteiger partial charge in [-0.2, -0.15) is 18.3 Å². The molecule has 0 bridgehead atoms. The van der Waals surface area contributed by atoms with Crippen LogP contribution in [0.5, 0.6) is 0 Å². The van der Waals surface area contributed by atoms with Crippen molar-refractivity contribution < 1.29 is 22.8 Å². The molecule has 1 aliphatic rings. The van der Waals surface area contributed by atoms with Crippen LogP contribution in [0.2, 0.25) is 5.02 Å². The highest BCUT2D eigenvalue weighted by molar-refractivity contribution is 7.13. The molecule has 0 aliphatic carbocycles. The minimum absolute atomic E-state index is 0.137. The van der Waals surface area contributed by atoms with Crippen molar-refractivity contribution >= 4 is 34.8 Å². The standard InChI is InChI=1S/C21H18ClF3N4O2S/c1-13-2-7-17(32-13)20(31)28-10-8-27(9-11-28)19(30)16-12-26-29(18(16)21(23,24)25)15-5-3-14(22)4-6-15/h2-7,12H,8-11H2,1H3. The number of amides is 2. The summed E-state index contributed by atoms with van der Waals surface area (Å²) in [6.07, 6.45) is -3.86. The molecule has 0 N–H and O–H groups in total. The summed E-state index contributed by atoms with van der Waals surface area (Å²) in [5.74, 6) is -0.904. The molecule has 168 valence electrons. The third kappa shape index (κ3) is 4.37. The minimum Gasteiger partial charge on any atom is -0.335 e. The van der Waals surface area contributed by atoms with Gasteiger partial charge in [-0.3, -0.25) is 9.59 Å². The number of thiophene rings is 1. The van der Waals surface area contributed by atoms with E-state index in [9.17, 15) is 22.8 Å². The zero-order valence-corrected chi connectivity index (χ0v) is 18.5. The van der Waals surface area contributed by atoms with E-state index < -0.39 is 23.3 Å². The first-order valence-electron chi connectivity index (χ1n) is 9.71. The molecule has 0 radical (unpaired) electrons. The van der Waals surface area contributed by atoms with Crippen molar-refractivity contribution in [1.29, 1.82) is 0 Å². The molecule has 1 aliphatic heterocycles. The zero-order chi connectivity index (χ0) is 23.0. The van der Waals surface area contributed by atoms with Crippen LogP contribution in [0.15, 0.2) is 42.6 Å². The van der Waals surface area contributed by atoms with Crippen molar-refractivity contribution in [3.63, 3.8) is 0 Å². The molecule has 2 aromatic heterocycles. The molecule has 1 aromatic carbocycles. The fraction of sp³-hybridized carbons (Fsp3) is 0.286. The number of hydrogen-bond acceptors (Lipinski definition) is 4. The monoisotopic (exact) mass is 482 g/mol. The number of piperazine rings is 1. The lowest BCUT2D eigenvalue weighted by Gasteiger charge is -2.34. The van der Waals surface area contributed by atoms with Gasteiger partial charge >= 0.3 is 6.18 Å². The summed E-state index contributed by atoms with van der Waals surface area (Å²) in [5, 5.41) is 4.20. The summed E-state index contributed by atoms with van der Waals surface area (Å²) in [6, 6.07) is 9.30. The van der Waals surface area contributed by atoms with Crippen LogP contribution in [0.4, 0.5) is 13.2 Å². The largest absolute Gasteiger partial charge is 0.434 e. The van der Waals surface area contributed by atoms with Gasteiger partial charge in [0.2, 0.25) is 0 Å². The first-order chi connectivity index (χ1) is 15.1. The summed E-state index contributed by atoms with van der Waals surface area (Å²) < 4.78 is 42.3. The number of carbonyl (C=O) groups excluding carboxylic acids is 2. The Morgan fingerprint density at radius 2 is 1.56 bits per heavy atom. The molecule has 2 amide bonds. The maximum absolute atomic E-state index is 13.9. The number of aromatic nitrogens is 2. The van der Waals surface area contributed by atoms with E-state index in [0.717, 1.165) is 11.1 Å². The zero-order valence-electron chi connectivity index (χ0n) is 16.9. The molecule has 0 spiro atoms. The third-order valence-corrected chi connectivity index (χ3v) is 6.39. The average molecular weight is 483 g/mol. The van der Waals surface area contributed by atoms with Gasteiger partial charge in [0.1, 0.15) is 0 Å². The van der Waals surface area contributed by atoms with E-state index >= 15 is 0 Å². The third-order valence-electron chi connectivity index (χ3n) is 5.14. The Bertz CT molecular complexity index is 1150. The molecule has 3 aromatic rings. The first-order valence-corrected chi connectivity index (χ1v) is 10.9. The average Bonchev–Trinajstić information content (AvgIpc) is 3.40. The second-order valence-corrected chi connectivity index (χ2v) is 9.01. The molecule has 32 heavy (non-hydrogen) atoms. The predicted molar refractivity (Wildman–Crippen MR) is 114 cm³/mol. The molecular weight excluding hydrogens is 465 g/mol. The van der Waals surface area contributed by atoms with Gasteiger partial charge in [-0.05, 0) is 43.3 Å². The Labute approximate surface area is 190 Å². The number of hydrogen-bond donors (Lipinski definition) is 0. The minimum atomic E-state index is -4.80. The summed E-state index contributed by atoms with van der Waals surface area (Å²) in [6.45, 7) is 2.67. The van der Waals surface area contributed by atoms with E-state index in [1.54, 1.807) is 11.0 Å². The van der Waals surface area contributed by atoms with Gasteiger partial charge in [-0.15, -0.1) is 11.3 Å². The van der Waals surface area contributed by atoms with Crippen LogP contribution in [0.1, 0.15) is 30.6 Å². The summed E-state index contributed by atoms with van der Waals surface area (Å²) in [5.41, 5.74) is -1.53. The Balaban J connectivity index is 1.54. The number of halogens is 4. The normalized spacial score (nSPS) is 14.7. The molecule has 1 fully saturated rings. The Kier molecular flexibility index (Phi) is 6.00. The number of aryl methyl sites for hydroxylation is 1. The predicted octanol–water partition coefficient (Wildman–Crippen LogP) is 4.51. The van der Waals surface area contributed by atoms with E-state index in [4.69, 9.17) is 11.6 Å². The van der Waals surface area contributed by atoms with Crippen molar-refractivity contribution in [3.05, 3.63) is 68.6 Å². The van der Waals surface area contributed by atoms with Crippen molar-refractivity contribution in [2.75, 3.05) is 26.2 Å². The van der Waals surface area contributed by atoms with E-state index in [1.807, 2.05) is 13.0 Å². The van der Waals surface area contributed by atoms with E-state index in [0.29, 0.717) is 14.6 Å². The van der Waals surface area contributed by atoms with Crippen LogP contribution in [0.25, 0.3) is 5.69 Å². The number of rotatable bonds is 3. The molecule has 0 unspecified atom stereocenters. The molecular formula is C21H18ClF3N4O2S. The topological polar surface area (TPSA) is 58.4 Å². The molecule has 3 heterocycles. The molecule has 0 atom stereocenters. The smallest absolute Gasteiger partial charge is 0.335 e. The van der Waals surface area contributed by atoms with Crippen molar-refractivity contribution in [2.45, 2.75) is 13.1 Å². The van der Waals surface area contributed by atoms with Gasteiger partial charge in [0.25, 0.3) is 11.8 Å². The lowest BCUT2D eigenvalue weighted by molar-refractivity contribution is -0.143. The van der Waals surface area contributed by atoms with Crippen molar-refractivity contribution in [2.24, 2.45) is 0 Å². The molecule has 0 saturated carbocycles. The maximum atomic E-state index is 13.9. The SMILES string of the molecule is Cc1ccc(C(=O)N2CCN(C(=O)c3cnn(-c4ccc(Cl)cc4)c3C(F)(F)F)CC2)s1. The first kappa shape index (κ1) is 22.3. The van der Waals surface area contributed by atoms with Crippen LogP contribution in [-0.2, 0) is 6.18 Å². The van der Waals surface area contributed by atoms with Crippen LogP contribution in [0.3, 0.4) is 0 Å². The highest BCUT2D eigenvalue weighted by Crippen LogP contribution is 2.34. The highest BCUT2D eigenvalue weighted by atomic mass is 35.5. The number of benzene rings is 1. The quantitative estimate of drug-likeness (QED) is 0.552. The second-order valence-electron chi connectivity index (χ2n) is 7.29. The van der Waals surface area contributed by atoms with Crippen LogP contribution in [-0.4, -0.2) is 57.6 Å². The molecule has 6 nitrogen and oxygen atoms in total. The Morgan fingerprint density at radius 3 is 2.09 bits per heavy atom. The van der Waals surface area contributed by atoms with Gasteiger partial charge in [-0.1, -0.05) is 11.6 Å².